The van der Waals surface area contributed by atoms with Crippen molar-refractivity contribution in [3.05, 3.63) is 51.7 Å². The number of nitrogens with one attached hydrogen (secondary N) is 1. The molecule has 1 rings (SSSR count). The minimum absolute atomic E-state index is 0.0483. The SMILES string of the molecule is C=C(C)C(O)=C(C#N)C(=S)Nc1cccc(Cl)c1Cl. The van der Waals surface area contributed by atoms with E-state index >= 15 is 0 Å². The maximum atomic E-state index is 9.73. The lowest BCUT2D eigenvalue weighted by atomic mass is 10.1. The average Bonchev–Trinajstić information content (AvgIpc) is 2.35. The van der Waals surface area contributed by atoms with Gasteiger partial charge >= 0.3 is 0 Å². The Balaban J connectivity index is 3.10. The fourth-order valence-corrected chi connectivity index (χ4v) is 1.81. The first-order valence-electron chi connectivity index (χ1n) is 5.13. The first-order chi connectivity index (χ1) is 8.88. The van der Waals surface area contributed by atoms with Crippen LogP contribution in [-0.2, 0) is 0 Å². The van der Waals surface area contributed by atoms with E-state index in [2.05, 4.69) is 11.9 Å². The van der Waals surface area contributed by atoms with Gasteiger partial charge in [0, 0.05) is 0 Å². The largest absolute Gasteiger partial charge is 0.506 e. The van der Waals surface area contributed by atoms with E-state index in [0.717, 1.165) is 0 Å². The van der Waals surface area contributed by atoms with E-state index in [0.29, 0.717) is 21.3 Å². The van der Waals surface area contributed by atoms with E-state index in [1.54, 1.807) is 25.1 Å². The topological polar surface area (TPSA) is 56.0 Å². The number of benzene rings is 1. The Morgan fingerprint density at radius 3 is 2.63 bits per heavy atom. The predicted molar refractivity (Wildman–Crippen MR) is 82.8 cm³/mol. The zero-order chi connectivity index (χ0) is 14.6. The molecule has 0 aromatic heterocycles. The van der Waals surface area contributed by atoms with Crippen LogP contribution < -0.4 is 5.32 Å². The van der Waals surface area contributed by atoms with Crippen molar-refractivity contribution < 1.29 is 5.11 Å². The molecule has 0 aliphatic heterocycles. The highest BCUT2D eigenvalue weighted by atomic mass is 35.5. The van der Waals surface area contributed by atoms with Gasteiger partial charge in [0.25, 0.3) is 0 Å². The lowest BCUT2D eigenvalue weighted by Crippen LogP contribution is -2.13. The zero-order valence-corrected chi connectivity index (χ0v) is 12.3. The number of thiocarbonyl (C=S) groups is 1. The maximum absolute atomic E-state index is 9.73. The molecule has 1 aromatic rings. The molecule has 0 spiro atoms. The molecule has 98 valence electrons. The summed E-state index contributed by atoms with van der Waals surface area (Å²) in [5.41, 5.74) is 0.734. The van der Waals surface area contributed by atoms with Crippen LogP contribution in [0.4, 0.5) is 5.69 Å². The lowest BCUT2D eigenvalue weighted by molar-refractivity contribution is 0.422. The van der Waals surface area contributed by atoms with Gasteiger partial charge in [-0.15, -0.1) is 0 Å². The summed E-state index contributed by atoms with van der Waals surface area (Å²) in [6.45, 7) is 5.12. The van der Waals surface area contributed by atoms with Crippen LogP contribution >= 0.6 is 35.4 Å². The van der Waals surface area contributed by atoms with Crippen LogP contribution in [0.3, 0.4) is 0 Å². The van der Waals surface area contributed by atoms with Crippen LogP contribution in [-0.4, -0.2) is 10.1 Å². The number of nitrogens with zero attached hydrogens (tertiary/aromatic N) is 1. The number of halogens is 2. The van der Waals surface area contributed by atoms with Crippen LogP contribution in [0.2, 0.25) is 10.0 Å². The third-order valence-corrected chi connectivity index (χ3v) is 3.30. The molecule has 0 radical (unpaired) electrons. The predicted octanol–water partition coefficient (Wildman–Crippen LogP) is 4.64. The van der Waals surface area contributed by atoms with Gasteiger partial charge in [-0.1, -0.05) is 48.1 Å². The Morgan fingerprint density at radius 1 is 1.47 bits per heavy atom. The third-order valence-electron chi connectivity index (χ3n) is 2.18. The number of allylic oxidation sites excluding steroid dienone is 1. The van der Waals surface area contributed by atoms with Crippen molar-refractivity contribution in [1.29, 1.82) is 5.26 Å². The highest BCUT2D eigenvalue weighted by Crippen LogP contribution is 2.30. The van der Waals surface area contributed by atoms with E-state index in [1.807, 2.05) is 6.07 Å². The summed E-state index contributed by atoms with van der Waals surface area (Å²) in [6, 6.07) is 6.80. The molecule has 0 heterocycles. The van der Waals surface area contributed by atoms with Crippen molar-refractivity contribution >= 4 is 46.1 Å². The second-order valence-corrected chi connectivity index (χ2v) is 4.86. The van der Waals surface area contributed by atoms with Gasteiger partial charge in [-0.05, 0) is 24.6 Å². The van der Waals surface area contributed by atoms with Gasteiger partial charge in [-0.25, -0.2) is 0 Å². The van der Waals surface area contributed by atoms with Crippen molar-refractivity contribution in [2.45, 2.75) is 6.92 Å². The van der Waals surface area contributed by atoms with E-state index in [-0.39, 0.29) is 16.3 Å². The molecule has 0 unspecified atom stereocenters. The molecule has 0 fully saturated rings. The minimum atomic E-state index is -0.252. The molecule has 3 nitrogen and oxygen atoms in total. The number of hydrogen-bond donors (Lipinski definition) is 2. The van der Waals surface area contributed by atoms with Crippen molar-refractivity contribution in [2.24, 2.45) is 0 Å². The van der Waals surface area contributed by atoms with Gasteiger partial charge in [0.2, 0.25) is 0 Å². The lowest BCUT2D eigenvalue weighted by Gasteiger charge is -2.11. The molecular weight excluding hydrogens is 303 g/mol. The summed E-state index contributed by atoms with van der Waals surface area (Å²) in [6.07, 6.45) is 0. The molecule has 0 amide bonds. The highest BCUT2D eigenvalue weighted by Gasteiger charge is 2.14. The van der Waals surface area contributed by atoms with Crippen molar-refractivity contribution in [3.63, 3.8) is 0 Å². The van der Waals surface area contributed by atoms with E-state index in [4.69, 9.17) is 40.7 Å². The molecule has 6 heteroatoms. The second-order valence-electron chi connectivity index (χ2n) is 3.67. The molecule has 2 N–H and O–H groups in total. The number of aliphatic hydroxyl groups is 1. The van der Waals surface area contributed by atoms with Gasteiger partial charge in [0.15, 0.2) is 0 Å². The molecular formula is C13H10Cl2N2OS. The zero-order valence-electron chi connectivity index (χ0n) is 10.00. The van der Waals surface area contributed by atoms with Gasteiger partial charge in [0.1, 0.15) is 22.4 Å². The van der Waals surface area contributed by atoms with Crippen LogP contribution in [0.1, 0.15) is 6.92 Å². The Hall–Kier alpha value is -1.54. The fraction of sp³-hybridized carbons (Fsp3) is 0.0769. The summed E-state index contributed by atoms with van der Waals surface area (Å²) < 4.78 is 0. The smallest absolute Gasteiger partial charge is 0.138 e. The second kappa shape index (κ2) is 6.58. The highest BCUT2D eigenvalue weighted by molar-refractivity contribution is 7.81. The number of aliphatic hydroxyl groups excluding tert-OH is 1. The van der Waals surface area contributed by atoms with Crippen molar-refractivity contribution in [1.82, 2.24) is 0 Å². The first kappa shape index (κ1) is 15.5. The normalized spacial score (nSPS) is 11.3. The average molecular weight is 313 g/mol. The summed E-state index contributed by atoms with van der Waals surface area (Å²) in [7, 11) is 0. The van der Waals surface area contributed by atoms with Gasteiger partial charge in [0.05, 0.1) is 15.7 Å². The summed E-state index contributed by atoms with van der Waals surface area (Å²) in [5.74, 6) is -0.252. The minimum Gasteiger partial charge on any atom is -0.506 e. The van der Waals surface area contributed by atoms with E-state index in [1.165, 1.54) is 0 Å². The number of anilines is 1. The van der Waals surface area contributed by atoms with Crippen molar-refractivity contribution in [2.75, 3.05) is 5.32 Å². The molecule has 0 saturated heterocycles. The maximum Gasteiger partial charge on any atom is 0.138 e. The monoisotopic (exact) mass is 312 g/mol. The Bertz CT molecular complexity index is 618. The molecule has 0 bridgehead atoms. The van der Waals surface area contributed by atoms with Gasteiger partial charge in [-0.3, -0.25) is 0 Å². The Kier molecular flexibility index (Phi) is 5.37. The first-order valence-corrected chi connectivity index (χ1v) is 6.29. The van der Waals surface area contributed by atoms with Crippen LogP contribution in [0, 0.1) is 11.3 Å². The number of hydrogen-bond acceptors (Lipinski definition) is 3. The number of nitriles is 1. The summed E-state index contributed by atoms with van der Waals surface area (Å²) in [4.78, 5) is 0.0483. The molecule has 19 heavy (non-hydrogen) atoms. The summed E-state index contributed by atoms with van der Waals surface area (Å²) >= 11 is 16.9. The molecule has 0 aliphatic carbocycles. The van der Waals surface area contributed by atoms with Crippen molar-refractivity contribution in [3.8, 4) is 6.07 Å². The third kappa shape index (κ3) is 3.71. The van der Waals surface area contributed by atoms with Crippen LogP contribution in [0.15, 0.2) is 41.7 Å². The molecule has 0 saturated carbocycles. The quantitative estimate of drug-likeness (QED) is 0.280. The Labute approximate surface area is 126 Å². The number of rotatable bonds is 3. The molecule has 0 aliphatic rings. The standard InChI is InChI=1S/C13H10Cl2N2OS/c1-7(2)12(18)8(6-16)13(19)17-10-5-3-4-9(14)11(10)15/h3-5,18H,1H2,2H3,(H,17,19). The van der Waals surface area contributed by atoms with Gasteiger partial charge < -0.3 is 10.4 Å². The Morgan fingerprint density at radius 2 is 2.11 bits per heavy atom. The summed E-state index contributed by atoms with van der Waals surface area (Å²) in [5, 5.41) is 22.2. The van der Waals surface area contributed by atoms with Crippen LogP contribution in [0.25, 0.3) is 0 Å². The molecule has 0 atom stereocenters. The van der Waals surface area contributed by atoms with Crippen LogP contribution in [0.5, 0.6) is 0 Å². The van der Waals surface area contributed by atoms with E-state index in [9.17, 15) is 5.11 Å². The molecule has 1 aromatic carbocycles. The van der Waals surface area contributed by atoms with E-state index < -0.39 is 0 Å². The fourth-order valence-electron chi connectivity index (χ4n) is 1.21. The van der Waals surface area contributed by atoms with Gasteiger partial charge in [-0.2, -0.15) is 5.26 Å².